The first-order valence-corrected chi connectivity index (χ1v) is 24.5. The van der Waals surface area contributed by atoms with Crippen molar-refractivity contribution in [3.8, 4) is 57.2 Å². The summed E-state index contributed by atoms with van der Waals surface area (Å²) in [6, 6.07) is 27.3. The lowest BCUT2D eigenvalue weighted by molar-refractivity contribution is -0.146. The van der Waals surface area contributed by atoms with Gasteiger partial charge < -0.3 is 37.5 Å². The van der Waals surface area contributed by atoms with Crippen LogP contribution in [0, 0.1) is 11.8 Å². The van der Waals surface area contributed by atoms with Crippen LogP contribution in [0.1, 0.15) is 72.3 Å². The third kappa shape index (κ3) is 11.8. The zero-order valence-corrected chi connectivity index (χ0v) is 42.2. The average Bonchev–Trinajstić information content (AvgIpc) is 4.20. The molecule has 4 unspecified atom stereocenters. The number of methoxy groups -OCH3 is 2. The Kier molecular flexibility index (Phi) is 15.8. The third-order valence-electron chi connectivity index (χ3n) is 12.0. The van der Waals surface area contributed by atoms with Crippen LogP contribution in [0.25, 0.3) is 67.5 Å². The molecule has 360 valence electrons. The number of halogens is 3. The van der Waals surface area contributed by atoms with Gasteiger partial charge in [0, 0.05) is 67.3 Å². The molecule has 4 atom stereocenters. The minimum absolute atomic E-state index is 0.0250. The van der Waals surface area contributed by atoms with E-state index in [1.54, 1.807) is 12.1 Å². The second-order valence-corrected chi connectivity index (χ2v) is 19.7. The molecule has 2 aliphatic carbocycles. The molecule has 14 nitrogen and oxygen atoms in total. The Hall–Kier alpha value is -6.16. The first-order chi connectivity index (χ1) is 33.3. The quantitative estimate of drug-likeness (QED) is 0.0962. The van der Waals surface area contributed by atoms with E-state index in [4.69, 9.17) is 46.5 Å². The molecular weight excluding hydrogens is 987 g/mol. The van der Waals surface area contributed by atoms with Crippen LogP contribution in [0.2, 0.25) is 10.0 Å². The second kappa shape index (κ2) is 22.1. The lowest BCUT2D eigenvalue weighted by Gasteiger charge is -2.14. The highest BCUT2D eigenvalue weighted by Gasteiger charge is 2.32. The summed E-state index contributed by atoms with van der Waals surface area (Å²) < 4.78 is 34.1. The second-order valence-electron chi connectivity index (χ2n) is 17.6. The van der Waals surface area contributed by atoms with Crippen LogP contribution in [-0.2, 0) is 19.1 Å². The van der Waals surface area contributed by atoms with Gasteiger partial charge in [-0.25, -0.2) is 0 Å². The van der Waals surface area contributed by atoms with E-state index in [-0.39, 0.29) is 42.0 Å². The van der Waals surface area contributed by atoms with Gasteiger partial charge in [0.05, 0.1) is 48.3 Å². The van der Waals surface area contributed by atoms with Gasteiger partial charge in [-0.1, -0.05) is 49.4 Å². The number of nitrogens with one attached hydrogen (secondary N) is 1. The summed E-state index contributed by atoms with van der Waals surface area (Å²) in [6.45, 7) is 7.81. The molecule has 0 amide bonds. The SMILES string of the molecule is CC(C)Oc1ccc(-c2noc(-c3ccc4[nH]ccc4c3)n2)cc1Cl.COC(=O)C1CCC(Br)C1.COC(=O)C1CCC(n2ccc3cc(-c4nc(-c5ccc(OC(C)C)c(Cl)c5)no4)ccc32)C1. The fourth-order valence-electron chi connectivity index (χ4n) is 8.59. The van der Waals surface area contributed by atoms with Crippen LogP contribution >= 0.6 is 39.1 Å². The van der Waals surface area contributed by atoms with Gasteiger partial charge in [-0.2, -0.15) is 9.97 Å². The Labute approximate surface area is 418 Å². The Bertz CT molecular complexity index is 3050. The minimum Gasteiger partial charge on any atom is -0.489 e. The fourth-order valence-corrected chi connectivity index (χ4v) is 9.76. The van der Waals surface area contributed by atoms with Crippen LogP contribution < -0.4 is 9.47 Å². The molecule has 0 aliphatic heterocycles. The molecule has 0 spiro atoms. The molecule has 0 bridgehead atoms. The summed E-state index contributed by atoms with van der Waals surface area (Å²) in [5.74, 6) is 3.08. The van der Waals surface area contributed by atoms with E-state index in [9.17, 15) is 9.59 Å². The Morgan fingerprint density at radius 2 is 1.20 bits per heavy atom. The third-order valence-corrected chi connectivity index (χ3v) is 13.4. The maximum absolute atomic E-state index is 11.9. The largest absolute Gasteiger partial charge is 0.489 e. The lowest BCUT2D eigenvalue weighted by atomic mass is 10.1. The van der Waals surface area contributed by atoms with Crippen molar-refractivity contribution in [3.05, 3.63) is 107 Å². The summed E-state index contributed by atoms with van der Waals surface area (Å²) in [6.07, 6.45) is 9.70. The van der Waals surface area contributed by atoms with E-state index in [1.807, 2.05) is 94.6 Å². The van der Waals surface area contributed by atoms with Crippen LogP contribution in [-0.4, -0.2) is 73.0 Å². The molecule has 2 fully saturated rings. The van der Waals surface area contributed by atoms with E-state index in [1.165, 1.54) is 14.2 Å². The van der Waals surface area contributed by atoms with Gasteiger partial charge in [0.2, 0.25) is 11.6 Å². The van der Waals surface area contributed by atoms with Gasteiger partial charge in [0.25, 0.3) is 11.8 Å². The molecular formula is C52H53BrCl2N6O8. The number of carbonyl (C=O) groups excluding carboxylic acids is 2. The summed E-state index contributed by atoms with van der Waals surface area (Å²) in [7, 11) is 2.90. The number of aromatic nitrogens is 6. The van der Waals surface area contributed by atoms with Crippen LogP contribution in [0.5, 0.6) is 11.5 Å². The fraction of sp³-hybridized carbons (Fsp3) is 0.346. The maximum atomic E-state index is 11.9. The van der Waals surface area contributed by atoms with Crippen molar-refractivity contribution in [1.29, 1.82) is 0 Å². The van der Waals surface area contributed by atoms with Gasteiger partial charge in [0.15, 0.2) is 0 Å². The van der Waals surface area contributed by atoms with Crippen molar-refractivity contribution >= 4 is 72.9 Å². The molecule has 4 aromatic heterocycles. The van der Waals surface area contributed by atoms with Gasteiger partial charge >= 0.3 is 11.9 Å². The summed E-state index contributed by atoms with van der Waals surface area (Å²) >= 11 is 16.1. The molecule has 8 aromatic rings. The number of rotatable bonds is 11. The van der Waals surface area contributed by atoms with E-state index in [0.717, 1.165) is 82.6 Å². The van der Waals surface area contributed by atoms with Crippen molar-refractivity contribution in [1.82, 2.24) is 29.8 Å². The molecule has 69 heavy (non-hydrogen) atoms. The highest BCUT2D eigenvalue weighted by Crippen LogP contribution is 2.39. The van der Waals surface area contributed by atoms with Gasteiger partial charge in [-0.15, -0.1) is 0 Å². The average molecular weight is 1040 g/mol. The van der Waals surface area contributed by atoms with Gasteiger partial charge in [0.1, 0.15) is 11.5 Å². The normalized spacial score (nSPS) is 17.7. The van der Waals surface area contributed by atoms with Crippen LogP contribution in [0.15, 0.2) is 106 Å². The van der Waals surface area contributed by atoms with E-state index >= 15 is 0 Å². The zero-order valence-electron chi connectivity index (χ0n) is 39.1. The number of esters is 2. The standard InChI is InChI=1S/C26H26ClN3O4.C19H16ClN3O2.C7H11BrO2/c1-15(2)33-23-9-6-17(14-21(23)27)24-28-25(34-29-24)18-5-8-22-16(12-18)10-11-30(22)20-7-4-19(13-20)26(31)32-3;1-11(2)24-17-6-4-13(10-15(17)20)18-22-19(25-23-18)14-3-5-16-12(9-14)7-8-21-16;1-10-7(9)5-2-3-6(8)4-5/h5-6,8-12,14-15,19-20H,4,7,13H2,1-3H3;3-11,21H,1-2H3;5-6H,2-4H2,1H3. The maximum Gasteiger partial charge on any atom is 0.308 e. The molecule has 1 N–H and O–H groups in total. The Morgan fingerprint density at radius 3 is 1.74 bits per heavy atom. The Morgan fingerprint density at radius 1 is 0.667 bits per heavy atom. The first-order valence-electron chi connectivity index (χ1n) is 22.9. The van der Waals surface area contributed by atoms with Gasteiger partial charge in [-0.3, -0.25) is 9.59 Å². The van der Waals surface area contributed by atoms with Crippen molar-refractivity contribution in [3.63, 3.8) is 0 Å². The highest BCUT2D eigenvalue weighted by molar-refractivity contribution is 9.09. The molecule has 0 saturated heterocycles. The van der Waals surface area contributed by atoms with Crippen molar-refractivity contribution in [2.45, 2.75) is 89.3 Å². The number of hydrogen-bond donors (Lipinski definition) is 1. The van der Waals surface area contributed by atoms with Crippen molar-refractivity contribution < 1.29 is 37.6 Å². The number of benzene rings is 4. The van der Waals surface area contributed by atoms with Gasteiger partial charge in [-0.05, 0) is 151 Å². The van der Waals surface area contributed by atoms with Crippen LogP contribution in [0.4, 0.5) is 0 Å². The molecule has 17 heteroatoms. The predicted molar refractivity (Wildman–Crippen MR) is 270 cm³/mol. The zero-order chi connectivity index (χ0) is 48.8. The number of aromatic amines is 1. The monoisotopic (exact) mass is 1040 g/mol. The lowest BCUT2D eigenvalue weighted by Crippen LogP contribution is -2.13. The Balaban J connectivity index is 0.000000160. The number of fused-ring (bicyclic) bond motifs is 2. The molecule has 4 aromatic carbocycles. The number of ether oxygens (including phenoxy) is 4. The van der Waals surface area contributed by atoms with Crippen LogP contribution in [0.3, 0.4) is 0 Å². The molecule has 0 radical (unpaired) electrons. The van der Waals surface area contributed by atoms with E-state index in [2.05, 4.69) is 68.8 Å². The highest BCUT2D eigenvalue weighted by atomic mass is 79.9. The van der Waals surface area contributed by atoms with Crippen molar-refractivity contribution in [2.75, 3.05) is 14.2 Å². The topological polar surface area (TPSA) is 170 Å². The smallest absolute Gasteiger partial charge is 0.308 e. The number of hydrogen-bond acceptors (Lipinski definition) is 12. The molecule has 2 saturated carbocycles. The predicted octanol–water partition coefficient (Wildman–Crippen LogP) is 13.4. The molecule has 2 aliphatic rings. The minimum atomic E-state index is -0.114. The first kappa shape index (κ1) is 49.3. The van der Waals surface area contributed by atoms with E-state index in [0.29, 0.717) is 49.8 Å². The summed E-state index contributed by atoms with van der Waals surface area (Å²) in [4.78, 5) is 35.6. The number of nitrogens with zero attached hydrogens (tertiary/aromatic N) is 5. The van der Waals surface area contributed by atoms with Crippen molar-refractivity contribution in [2.24, 2.45) is 11.8 Å². The van der Waals surface area contributed by atoms with E-state index < -0.39 is 0 Å². The number of carbonyl (C=O) groups is 2. The summed E-state index contributed by atoms with van der Waals surface area (Å²) in [5, 5.41) is 11.4. The summed E-state index contributed by atoms with van der Waals surface area (Å²) in [5.41, 5.74) is 5.43. The number of H-pyrrole nitrogens is 1. The number of alkyl halides is 1. The molecule has 10 rings (SSSR count). The molecule has 4 heterocycles.